The number of alkyl halides is 3. The number of hydrogen-bond acceptors (Lipinski definition) is 2. The predicted octanol–water partition coefficient (Wildman–Crippen LogP) is 5.73. The summed E-state index contributed by atoms with van der Waals surface area (Å²) in [6, 6.07) is 5.37. The summed E-state index contributed by atoms with van der Waals surface area (Å²) in [4.78, 5) is 12.2. The molecule has 146 valence electrons. The predicted molar refractivity (Wildman–Crippen MR) is 86.2 cm³/mol. The van der Waals surface area contributed by atoms with Gasteiger partial charge in [-0.3, -0.25) is 4.79 Å². The Balaban J connectivity index is 2.20. The van der Waals surface area contributed by atoms with Crippen LogP contribution in [0.5, 0.6) is 5.75 Å². The number of hydrogen-bond donors (Lipinski definition) is 0. The van der Waals surface area contributed by atoms with Crippen molar-refractivity contribution in [3.05, 3.63) is 64.5 Å². The topological polar surface area (TPSA) is 26.3 Å². The molecule has 0 heterocycles. The van der Waals surface area contributed by atoms with Gasteiger partial charge in [-0.2, -0.15) is 13.2 Å². The first kappa shape index (κ1) is 20.8. The molecule has 0 unspecified atom stereocenters. The molecule has 2 nitrogen and oxygen atoms in total. The van der Waals surface area contributed by atoms with Gasteiger partial charge in [0.15, 0.2) is 29.0 Å². The minimum atomic E-state index is -5.09. The molecule has 0 saturated heterocycles. The minimum absolute atomic E-state index is 0.0109. The van der Waals surface area contributed by atoms with Crippen molar-refractivity contribution < 1.29 is 35.9 Å². The maximum Gasteiger partial charge on any atom is 0.420 e. The third-order valence-electron chi connectivity index (χ3n) is 3.87. The van der Waals surface area contributed by atoms with Crippen molar-refractivity contribution >= 4 is 5.78 Å². The second-order valence-electron chi connectivity index (χ2n) is 5.72. The molecule has 0 saturated carbocycles. The number of aryl methyl sites for hydroxylation is 1. The molecule has 2 aromatic rings. The van der Waals surface area contributed by atoms with Crippen molar-refractivity contribution in [2.24, 2.45) is 0 Å². The van der Waals surface area contributed by atoms with E-state index in [0.29, 0.717) is 0 Å². The average molecular weight is 390 g/mol. The number of Topliss-reactive ketones (excluding diaryl/α,β-unsaturated/α-hetero) is 1. The van der Waals surface area contributed by atoms with Gasteiger partial charge < -0.3 is 4.74 Å². The lowest BCUT2D eigenvalue weighted by Gasteiger charge is -2.15. The van der Waals surface area contributed by atoms with Gasteiger partial charge in [-0.1, -0.05) is 12.1 Å². The summed E-state index contributed by atoms with van der Waals surface area (Å²) in [7, 11) is 0. The van der Waals surface area contributed by atoms with E-state index in [4.69, 9.17) is 4.74 Å². The summed E-state index contributed by atoms with van der Waals surface area (Å²) in [5, 5.41) is 0. The lowest BCUT2D eigenvalue weighted by atomic mass is 9.97. The Kier molecular flexibility index (Phi) is 6.51. The second-order valence-corrected chi connectivity index (χ2v) is 5.72. The van der Waals surface area contributed by atoms with Gasteiger partial charge in [0, 0.05) is 12.0 Å². The highest BCUT2D eigenvalue weighted by Gasteiger charge is 2.39. The van der Waals surface area contributed by atoms with Gasteiger partial charge in [0.1, 0.15) is 5.56 Å². The maximum atomic E-state index is 14.2. The summed E-state index contributed by atoms with van der Waals surface area (Å²) >= 11 is 0. The molecule has 0 aliphatic heterocycles. The Hall–Kier alpha value is -2.51. The summed E-state index contributed by atoms with van der Waals surface area (Å²) in [5.74, 6) is -5.30. The third-order valence-corrected chi connectivity index (χ3v) is 3.87. The van der Waals surface area contributed by atoms with E-state index in [1.807, 2.05) is 0 Å². The smallest absolute Gasteiger partial charge is 0.420 e. The van der Waals surface area contributed by atoms with Crippen LogP contribution in [0, 0.1) is 17.5 Å². The molecule has 2 rings (SSSR count). The first-order valence-electron chi connectivity index (χ1n) is 8.15. The van der Waals surface area contributed by atoms with Crippen LogP contribution in [0.3, 0.4) is 0 Å². The van der Waals surface area contributed by atoms with Crippen molar-refractivity contribution in [3.8, 4) is 5.75 Å². The molecule has 0 atom stereocenters. The van der Waals surface area contributed by atoms with E-state index < -0.39 is 46.3 Å². The van der Waals surface area contributed by atoms with Gasteiger partial charge in [-0.25, -0.2) is 13.2 Å². The van der Waals surface area contributed by atoms with Gasteiger partial charge in [-0.15, -0.1) is 0 Å². The molecule has 0 bridgehead atoms. The van der Waals surface area contributed by atoms with Crippen LogP contribution in [0.2, 0.25) is 0 Å². The quantitative estimate of drug-likeness (QED) is 0.446. The Labute approximate surface area is 151 Å². The first-order chi connectivity index (χ1) is 12.7. The van der Waals surface area contributed by atoms with E-state index in [1.165, 1.54) is 19.1 Å². The SMILES string of the molecule is CCOc1ccc(C(=O)CCCc2cccc(F)c2F)c(C(F)(F)F)c1F. The molecule has 0 aromatic heterocycles. The number of carbonyl (C=O) groups excluding carboxylic acids is 1. The highest BCUT2D eigenvalue weighted by atomic mass is 19.4. The lowest BCUT2D eigenvalue weighted by molar-refractivity contribution is -0.140. The minimum Gasteiger partial charge on any atom is -0.491 e. The first-order valence-corrected chi connectivity index (χ1v) is 8.15. The lowest BCUT2D eigenvalue weighted by Crippen LogP contribution is -2.17. The highest BCUT2D eigenvalue weighted by Crippen LogP contribution is 2.38. The van der Waals surface area contributed by atoms with Crippen LogP contribution in [0.4, 0.5) is 26.3 Å². The van der Waals surface area contributed by atoms with Crippen molar-refractivity contribution in [2.75, 3.05) is 6.61 Å². The summed E-state index contributed by atoms with van der Waals surface area (Å²) in [6.45, 7) is 1.44. The summed E-state index contributed by atoms with van der Waals surface area (Å²) in [5.41, 5.74) is -2.49. The van der Waals surface area contributed by atoms with E-state index in [2.05, 4.69) is 0 Å². The van der Waals surface area contributed by atoms with Crippen LogP contribution in [0.25, 0.3) is 0 Å². The van der Waals surface area contributed by atoms with E-state index in [1.54, 1.807) is 0 Å². The van der Waals surface area contributed by atoms with E-state index in [0.717, 1.165) is 18.2 Å². The molecule has 0 aliphatic rings. The van der Waals surface area contributed by atoms with Crippen molar-refractivity contribution in [1.29, 1.82) is 0 Å². The Morgan fingerprint density at radius 2 is 1.74 bits per heavy atom. The zero-order valence-electron chi connectivity index (χ0n) is 14.3. The zero-order chi connectivity index (χ0) is 20.2. The molecular weight excluding hydrogens is 374 g/mol. The maximum absolute atomic E-state index is 14.2. The molecule has 0 amide bonds. The van der Waals surface area contributed by atoms with Gasteiger partial charge in [0.05, 0.1) is 6.61 Å². The molecule has 0 N–H and O–H groups in total. The largest absolute Gasteiger partial charge is 0.491 e. The normalized spacial score (nSPS) is 11.5. The van der Waals surface area contributed by atoms with Crippen LogP contribution in [-0.2, 0) is 12.6 Å². The van der Waals surface area contributed by atoms with Crippen molar-refractivity contribution in [1.82, 2.24) is 0 Å². The summed E-state index contributed by atoms with van der Waals surface area (Å²) < 4.78 is 85.4. The van der Waals surface area contributed by atoms with Crippen LogP contribution in [0.1, 0.15) is 41.3 Å². The van der Waals surface area contributed by atoms with E-state index in [9.17, 15) is 31.1 Å². The van der Waals surface area contributed by atoms with Crippen LogP contribution in [0.15, 0.2) is 30.3 Å². The van der Waals surface area contributed by atoms with Crippen LogP contribution in [-0.4, -0.2) is 12.4 Å². The Morgan fingerprint density at radius 1 is 1.04 bits per heavy atom. The standard InChI is InChI=1S/C19H16F6O2/c1-2-27-15-10-9-12(16(18(15)22)19(23,24)25)14(26)8-4-6-11-5-3-7-13(20)17(11)21/h3,5,7,9-10H,2,4,6,8H2,1H3. The second kappa shape index (κ2) is 8.45. The number of rotatable bonds is 7. The van der Waals surface area contributed by atoms with Crippen LogP contribution < -0.4 is 4.74 Å². The fraction of sp³-hybridized carbons (Fsp3) is 0.316. The summed E-state index contributed by atoms with van der Waals surface area (Å²) in [6.07, 6.45) is -5.54. The molecular formula is C19H16F6O2. The van der Waals surface area contributed by atoms with E-state index >= 15 is 0 Å². The number of carbonyl (C=O) groups is 1. The highest BCUT2D eigenvalue weighted by molar-refractivity contribution is 5.98. The third kappa shape index (κ3) is 4.81. The number of halogens is 6. The van der Waals surface area contributed by atoms with Crippen molar-refractivity contribution in [2.45, 2.75) is 32.4 Å². The van der Waals surface area contributed by atoms with Gasteiger partial charge in [0.2, 0.25) is 0 Å². The molecule has 0 radical (unpaired) electrons. The van der Waals surface area contributed by atoms with Crippen LogP contribution >= 0.6 is 0 Å². The Bertz CT molecular complexity index is 830. The van der Waals surface area contributed by atoms with Gasteiger partial charge >= 0.3 is 6.18 Å². The van der Waals surface area contributed by atoms with Gasteiger partial charge in [0.25, 0.3) is 0 Å². The molecule has 0 aliphatic carbocycles. The van der Waals surface area contributed by atoms with Gasteiger partial charge in [-0.05, 0) is 43.5 Å². The molecule has 0 fully saturated rings. The Morgan fingerprint density at radius 3 is 2.37 bits per heavy atom. The molecule has 2 aromatic carbocycles. The molecule has 27 heavy (non-hydrogen) atoms. The van der Waals surface area contributed by atoms with Crippen molar-refractivity contribution in [3.63, 3.8) is 0 Å². The zero-order valence-corrected chi connectivity index (χ0v) is 14.3. The number of benzene rings is 2. The molecule has 8 heteroatoms. The number of ether oxygens (including phenoxy) is 1. The fourth-order valence-corrected chi connectivity index (χ4v) is 2.65. The fourth-order valence-electron chi connectivity index (χ4n) is 2.65. The monoisotopic (exact) mass is 390 g/mol. The number of ketones is 1. The molecule has 0 spiro atoms. The van der Waals surface area contributed by atoms with E-state index in [-0.39, 0.29) is 31.4 Å². The average Bonchev–Trinajstić information content (AvgIpc) is 2.59.